The Labute approximate surface area is 170 Å². The van der Waals surface area contributed by atoms with Gasteiger partial charge in [0.1, 0.15) is 5.56 Å². The van der Waals surface area contributed by atoms with Crippen LogP contribution in [-0.2, 0) is 14.3 Å². The zero-order valence-corrected chi connectivity index (χ0v) is 17.2. The van der Waals surface area contributed by atoms with Crippen molar-refractivity contribution in [3.05, 3.63) is 41.3 Å². The van der Waals surface area contributed by atoms with Gasteiger partial charge in [-0.1, -0.05) is 19.0 Å². The lowest BCUT2D eigenvalue weighted by molar-refractivity contribution is -0.123. The molecule has 1 fully saturated rings. The lowest BCUT2D eigenvalue weighted by Crippen LogP contribution is -2.36. The number of rotatable bonds is 6. The van der Waals surface area contributed by atoms with Crippen LogP contribution >= 0.6 is 0 Å². The topological polar surface area (TPSA) is 93.9 Å². The maximum Gasteiger partial charge on any atom is 0.344 e. The van der Waals surface area contributed by atoms with Gasteiger partial charge in [0.25, 0.3) is 5.91 Å². The zero-order valence-electron chi connectivity index (χ0n) is 17.2. The Morgan fingerprint density at radius 2 is 1.79 bits per heavy atom. The normalized spacial score (nSPS) is 15.3. The van der Waals surface area contributed by atoms with Crippen LogP contribution in [-0.4, -0.2) is 49.4 Å². The van der Waals surface area contributed by atoms with E-state index in [2.05, 4.69) is 15.4 Å². The van der Waals surface area contributed by atoms with Gasteiger partial charge in [-0.05, 0) is 38.1 Å². The number of aromatic nitrogens is 1. The highest BCUT2D eigenvalue weighted by atomic mass is 16.5. The lowest BCUT2D eigenvalue weighted by atomic mass is 10.1. The summed E-state index contributed by atoms with van der Waals surface area (Å²) < 4.78 is 15.9. The fraction of sp³-hybridized carbons (Fsp3) is 0.476. The van der Waals surface area contributed by atoms with Crippen molar-refractivity contribution in [1.82, 2.24) is 5.16 Å². The molecule has 0 bridgehead atoms. The van der Waals surface area contributed by atoms with Crippen LogP contribution < -0.4 is 10.2 Å². The van der Waals surface area contributed by atoms with Crippen molar-refractivity contribution in [2.75, 3.05) is 36.5 Å². The average molecular weight is 401 g/mol. The second kappa shape index (κ2) is 9.09. The molecule has 1 aliphatic heterocycles. The lowest BCUT2D eigenvalue weighted by Gasteiger charge is -2.28. The molecule has 0 spiro atoms. The van der Waals surface area contributed by atoms with Crippen molar-refractivity contribution in [3.8, 4) is 0 Å². The minimum Gasteiger partial charge on any atom is -0.449 e. The Morgan fingerprint density at radius 1 is 1.14 bits per heavy atom. The first-order valence-electron chi connectivity index (χ1n) is 9.77. The molecule has 1 atom stereocenters. The monoisotopic (exact) mass is 401 g/mol. The number of carbonyl (C=O) groups excluding carboxylic acids is 2. The van der Waals surface area contributed by atoms with E-state index in [0.717, 1.165) is 18.8 Å². The molecule has 1 saturated heterocycles. The molecule has 1 aromatic heterocycles. The van der Waals surface area contributed by atoms with E-state index in [0.29, 0.717) is 30.4 Å². The summed E-state index contributed by atoms with van der Waals surface area (Å²) >= 11 is 0. The molecule has 156 valence electrons. The number of hydrogen-bond donors (Lipinski definition) is 1. The third-order valence-electron chi connectivity index (χ3n) is 4.78. The Balaban J connectivity index is 1.59. The third kappa shape index (κ3) is 4.95. The Hall–Kier alpha value is -2.87. The molecule has 8 nitrogen and oxygen atoms in total. The molecule has 2 heterocycles. The number of carbonyl (C=O) groups is 2. The molecule has 1 N–H and O–H groups in total. The summed E-state index contributed by atoms with van der Waals surface area (Å²) in [7, 11) is 0. The van der Waals surface area contributed by atoms with Crippen LogP contribution in [0.2, 0.25) is 0 Å². The molecule has 0 unspecified atom stereocenters. The standard InChI is InChI=1S/C21H27N3O5/c1-13(2)19-18(14(3)23-29-19)21(26)28-15(4)20(25)22-16-5-7-17(8-6-16)24-9-11-27-12-10-24/h5-8,13,15H,9-12H2,1-4H3,(H,22,25)/t15-/m1/s1. The van der Waals surface area contributed by atoms with Crippen molar-refractivity contribution in [3.63, 3.8) is 0 Å². The fourth-order valence-electron chi connectivity index (χ4n) is 3.12. The molecule has 0 radical (unpaired) electrons. The molecule has 2 aromatic rings. The van der Waals surface area contributed by atoms with Gasteiger partial charge in [0.15, 0.2) is 11.9 Å². The van der Waals surface area contributed by atoms with E-state index in [-0.39, 0.29) is 11.5 Å². The van der Waals surface area contributed by atoms with Gasteiger partial charge in [-0.25, -0.2) is 4.79 Å². The van der Waals surface area contributed by atoms with Crippen LogP contribution in [0.5, 0.6) is 0 Å². The number of aryl methyl sites for hydroxylation is 1. The van der Waals surface area contributed by atoms with Crippen LogP contribution in [0.15, 0.2) is 28.8 Å². The number of benzene rings is 1. The van der Waals surface area contributed by atoms with Gasteiger partial charge >= 0.3 is 5.97 Å². The fourth-order valence-corrected chi connectivity index (χ4v) is 3.12. The Morgan fingerprint density at radius 3 is 2.41 bits per heavy atom. The number of nitrogens with one attached hydrogen (secondary N) is 1. The summed E-state index contributed by atoms with van der Waals surface area (Å²) in [6.45, 7) is 10.1. The van der Waals surface area contributed by atoms with Crippen LogP contribution in [0.4, 0.5) is 11.4 Å². The minimum atomic E-state index is -0.962. The smallest absolute Gasteiger partial charge is 0.344 e. The minimum absolute atomic E-state index is 0.0205. The molecule has 0 saturated carbocycles. The molecular weight excluding hydrogens is 374 g/mol. The van der Waals surface area contributed by atoms with Gasteiger partial charge in [-0.3, -0.25) is 4.79 Å². The van der Waals surface area contributed by atoms with Crippen LogP contribution in [0.1, 0.15) is 48.5 Å². The first-order valence-corrected chi connectivity index (χ1v) is 9.77. The molecule has 3 rings (SSSR count). The summed E-state index contributed by atoms with van der Waals surface area (Å²) in [5.41, 5.74) is 2.45. The summed E-state index contributed by atoms with van der Waals surface area (Å²) in [5, 5.41) is 6.61. The van der Waals surface area contributed by atoms with Gasteiger partial charge in [0.05, 0.1) is 18.9 Å². The third-order valence-corrected chi connectivity index (χ3v) is 4.78. The number of amides is 1. The molecule has 1 aromatic carbocycles. The van der Waals surface area contributed by atoms with Gasteiger partial charge in [0.2, 0.25) is 0 Å². The van der Waals surface area contributed by atoms with Gasteiger partial charge in [-0.15, -0.1) is 0 Å². The van der Waals surface area contributed by atoms with E-state index < -0.39 is 18.0 Å². The van der Waals surface area contributed by atoms with Crippen LogP contribution in [0.25, 0.3) is 0 Å². The first-order chi connectivity index (χ1) is 13.9. The van der Waals surface area contributed by atoms with Crippen molar-refractivity contribution < 1.29 is 23.6 Å². The maximum absolute atomic E-state index is 12.5. The van der Waals surface area contributed by atoms with Crippen molar-refractivity contribution >= 4 is 23.3 Å². The van der Waals surface area contributed by atoms with E-state index in [1.54, 1.807) is 6.92 Å². The molecule has 0 aliphatic carbocycles. The van der Waals surface area contributed by atoms with Crippen molar-refractivity contribution in [1.29, 1.82) is 0 Å². The van der Waals surface area contributed by atoms with Crippen molar-refractivity contribution in [2.24, 2.45) is 0 Å². The largest absolute Gasteiger partial charge is 0.449 e. The Kier molecular flexibility index (Phi) is 6.53. The predicted molar refractivity (Wildman–Crippen MR) is 108 cm³/mol. The van der Waals surface area contributed by atoms with Gasteiger partial charge in [0, 0.05) is 30.4 Å². The molecule has 8 heteroatoms. The van der Waals surface area contributed by atoms with E-state index in [1.165, 1.54) is 6.92 Å². The van der Waals surface area contributed by atoms with Crippen molar-refractivity contribution in [2.45, 2.75) is 39.7 Å². The predicted octanol–water partition coefficient (Wildman–Crippen LogP) is 3.13. The second-order valence-electron chi connectivity index (χ2n) is 7.35. The number of ether oxygens (including phenoxy) is 2. The zero-order chi connectivity index (χ0) is 21.0. The quantitative estimate of drug-likeness (QED) is 0.743. The highest BCUT2D eigenvalue weighted by molar-refractivity contribution is 5.98. The number of hydrogen-bond acceptors (Lipinski definition) is 7. The number of nitrogens with zero attached hydrogens (tertiary/aromatic N) is 2. The summed E-state index contributed by atoms with van der Waals surface area (Å²) in [6.07, 6.45) is -0.962. The summed E-state index contributed by atoms with van der Waals surface area (Å²) in [6, 6.07) is 7.57. The summed E-state index contributed by atoms with van der Waals surface area (Å²) in [4.78, 5) is 27.2. The highest BCUT2D eigenvalue weighted by Crippen LogP contribution is 2.24. The van der Waals surface area contributed by atoms with Gasteiger partial charge in [-0.2, -0.15) is 0 Å². The number of anilines is 2. The average Bonchev–Trinajstić information content (AvgIpc) is 3.11. The van der Waals surface area contributed by atoms with E-state index in [4.69, 9.17) is 14.0 Å². The maximum atomic E-state index is 12.5. The van der Waals surface area contributed by atoms with Crippen LogP contribution in [0.3, 0.4) is 0 Å². The first kappa shape index (κ1) is 20.9. The molecule has 1 aliphatic rings. The van der Waals surface area contributed by atoms with Gasteiger partial charge < -0.3 is 24.2 Å². The highest BCUT2D eigenvalue weighted by Gasteiger charge is 2.27. The number of morpholine rings is 1. The Bertz CT molecular complexity index is 854. The van der Waals surface area contributed by atoms with E-state index in [9.17, 15) is 9.59 Å². The molecule has 29 heavy (non-hydrogen) atoms. The van der Waals surface area contributed by atoms with E-state index >= 15 is 0 Å². The molecule has 1 amide bonds. The second-order valence-corrected chi connectivity index (χ2v) is 7.35. The van der Waals surface area contributed by atoms with Crippen LogP contribution in [0, 0.1) is 6.92 Å². The SMILES string of the molecule is Cc1noc(C(C)C)c1C(=O)O[C@H](C)C(=O)Nc1ccc(N2CCOCC2)cc1. The number of esters is 1. The summed E-state index contributed by atoms with van der Waals surface area (Å²) in [5.74, 6) is -0.581. The van der Waals surface area contributed by atoms with E-state index in [1.807, 2.05) is 38.1 Å². The molecular formula is C21H27N3O5.